The minimum Gasteiger partial charge on any atom is -0.744 e. The Bertz CT molecular complexity index is 711. The third-order valence-electron chi connectivity index (χ3n) is 3.74. The van der Waals surface area contributed by atoms with Crippen molar-refractivity contribution in [3.8, 4) is 0 Å². The molecule has 0 aliphatic heterocycles. The number of fused-ring (bicyclic) bond motifs is 1. The summed E-state index contributed by atoms with van der Waals surface area (Å²) < 4.78 is 33.7. The van der Waals surface area contributed by atoms with Gasteiger partial charge in [-0.2, -0.15) is 0 Å². The van der Waals surface area contributed by atoms with Crippen molar-refractivity contribution in [2.24, 2.45) is 0 Å². The second kappa shape index (κ2) is 9.52. The van der Waals surface area contributed by atoms with Crippen molar-refractivity contribution in [1.29, 1.82) is 0 Å². The van der Waals surface area contributed by atoms with Crippen molar-refractivity contribution in [2.75, 3.05) is 0 Å². The zero-order chi connectivity index (χ0) is 15.3. The van der Waals surface area contributed by atoms with Gasteiger partial charge in [0.15, 0.2) is 0 Å². The average Bonchev–Trinajstić information content (AvgIpc) is 2.45. The van der Waals surface area contributed by atoms with E-state index >= 15 is 0 Å². The normalized spacial score (nSPS) is 11.4. The summed E-state index contributed by atoms with van der Waals surface area (Å²) in [5, 5.41) is 1.33. The summed E-state index contributed by atoms with van der Waals surface area (Å²) >= 11 is 0. The number of aryl methyl sites for hydroxylation is 1. The Hall–Kier alpha value is 0.246. The number of hydrogen-bond donors (Lipinski definition) is 0. The van der Waals surface area contributed by atoms with Gasteiger partial charge >= 0.3 is 51.4 Å². The van der Waals surface area contributed by atoms with Crippen LogP contribution in [0.4, 0.5) is 0 Å². The maximum atomic E-state index is 11.2. The Balaban J connectivity index is 0.00000242. The van der Waals surface area contributed by atoms with E-state index in [1.54, 1.807) is 12.1 Å². The quantitative estimate of drug-likeness (QED) is 0.432. The van der Waals surface area contributed by atoms with Crippen LogP contribution in [-0.4, -0.2) is 13.0 Å². The fraction of sp³-hybridized carbons (Fsp3) is 0.412. The molecule has 0 radical (unpaired) electrons. The molecule has 0 aromatic heterocycles. The molecule has 5 heteroatoms. The van der Waals surface area contributed by atoms with Crippen LogP contribution in [0.25, 0.3) is 10.8 Å². The summed E-state index contributed by atoms with van der Waals surface area (Å²) in [4.78, 5) is -0.130. The fourth-order valence-corrected chi connectivity index (χ4v) is 3.31. The van der Waals surface area contributed by atoms with E-state index in [4.69, 9.17) is 0 Å². The summed E-state index contributed by atoms with van der Waals surface area (Å²) in [7, 11) is -4.42. The van der Waals surface area contributed by atoms with Crippen LogP contribution in [0.5, 0.6) is 0 Å². The Morgan fingerprint density at radius 3 is 2.41 bits per heavy atom. The van der Waals surface area contributed by atoms with Gasteiger partial charge in [0.25, 0.3) is 0 Å². The molecule has 22 heavy (non-hydrogen) atoms. The number of rotatable bonds is 7. The Labute approximate surface area is 175 Å². The van der Waals surface area contributed by atoms with E-state index in [1.807, 2.05) is 18.2 Å². The topological polar surface area (TPSA) is 57.2 Å². The second-order valence-corrected chi connectivity index (χ2v) is 6.78. The van der Waals surface area contributed by atoms with Gasteiger partial charge in [0, 0.05) is 0 Å². The smallest absolute Gasteiger partial charge is 0.744 e. The van der Waals surface area contributed by atoms with Crippen LogP contribution in [0.15, 0.2) is 41.3 Å². The third kappa shape index (κ3) is 5.71. The second-order valence-electron chi connectivity index (χ2n) is 5.43. The van der Waals surface area contributed by atoms with Gasteiger partial charge in [-0.15, -0.1) is 0 Å². The fourth-order valence-electron chi connectivity index (χ4n) is 2.61. The molecule has 114 valence electrons. The molecule has 0 aliphatic rings. The molecule has 0 fully saturated rings. The van der Waals surface area contributed by atoms with Crippen molar-refractivity contribution in [3.63, 3.8) is 0 Å². The predicted octanol–water partition coefficient (Wildman–Crippen LogP) is 1.26. The maximum Gasteiger partial charge on any atom is 1.00 e. The summed E-state index contributed by atoms with van der Waals surface area (Å²) in [5.41, 5.74) is 1.19. The molecular formula is C17H21KO3S. The standard InChI is InChI=1S/C17H22O3S.K/c1-2-3-4-5-6-8-14-11-12-16-15(13-14)9-7-10-17(16)21(18,19)20;/h7,9-13H,2-6,8H2,1H3,(H,18,19,20);/q;+1/p-1. The summed E-state index contributed by atoms with van der Waals surface area (Å²) in [6.07, 6.45) is 7.15. The molecule has 0 atom stereocenters. The number of hydrogen-bond acceptors (Lipinski definition) is 3. The minimum absolute atomic E-state index is 0. The van der Waals surface area contributed by atoms with Crippen molar-refractivity contribution >= 4 is 20.9 Å². The first kappa shape index (κ1) is 20.3. The molecule has 0 N–H and O–H groups in total. The predicted molar refractivity (Wildman–Crippen MR) is 84.4 cm³/mol. The first-order chi connectivity index (χ1) is 10.0. The number of unbranched alkanes of at least 4 members (excludes halogenated alkanes) is 4. The molecule has 0 saturated heterocycles. The third-order valence-corrected chi connectivity index (χ3v) is 4.64. The SMILES string of the molecule is CCCCCCCc1ccc2c(S(=O)(=O)[O-])cccc2c1.[K+]. The molecular weight excluding hydrogens is 323 g/mol. The molecule has 2 rings (SSSR count). The van der Waals surface area contributed by atoms with Gasteiger partial charge in [-0.3, -0.25) is 0 Å². The van der Waals surface area contributed by atoms with Gasteiger partial charge in [-0.1, -0.05) is 62.9 Å². The molecule has 0 bridgehead atoms. The van der Waals surface area contributed by atoms with E-state index in [2.05, 4.69) is 6.92 Å². The van der Waals surface area contributed by atoms with Crippen LogP contribution in [0, 0.1) is 0 Å². The Kier molecular flexibility index (Phi) is 8.78. The maximum absolute atomic E-state index is 11.2. The van der Waals surface area contributed by atoms with Crippen molar-refractivity contribution < 1.29 is 64.4 Å². The van der Waals surface area contributed by atoms with Crippen LogP contribution >= 0.6 is 0 Å². The molecule has 0 saturated carbocycles. The van der Waals surface area contributed by atoms with Gasteiger partial charge in [-0.05, 0) is 35.2 Å². The van der Waals surface area contributed by atoms with Gasteiger partial charge < -0.3 is 4.55 Å². The van der Waals surface area contributed by atoms with Crippen LogP contribution in [0.1, 0.15) is 44.6 Å². The van der Waals surface area contributed by atoms with E-state index < -0.39 is 10.1 Å². The van der Waals surface area contributed by atoms with E-state index in [0.717, 1.165) is 18.2 Å². The molecule has 3 nitrogen and oxygen atoms in total. The summed E-state index contributed by atoms with van der Waals surface area (Å²) in [6, 6.07) is 10.5. The van der Waals surface area contributed by atoms with E-state index in [1.165, 1.54) is 37.3 Å². The molecule has 0 amide bonds. The molecule has 2 aromatic carbocycles. The zero-order valence-electron chi connectivity index (χ0n) is 13.3. The molecule has 0 unspecified atom stereocenters. The van der Waals surface area contributed by atoms with Crippen LogP contribution in [0.3, 0.4) is 0 Å². The van der Waals surface area contributed by atoms with E-state index in [0.29, 0.717) is 5.39 Å². The minimum atomic E-state index is -4.42. The van der Waals surface area contributed by atoms with Gasteiger partial charge in [0.2, 0.25) is 0 Å². The molecule has 0 spiro atoms. The van der Waals surface area contributed by atoms with Gasteiger partial charge in [-0.25, -0.2) is 8.42 Å². The van der Waals surface area contributed by atoms with Gasteiger partial charge in [0.05, 0.1) is 4.90 Å². The monoisotopic (exact) mass is 344 g/mol. The van der Waals surface area contributed by atoms with E-state index in [-0.39, 0.29) is 56.3 Å². The molecule has 2 aromatic rings. The van der Waals surface area contributed by atoms with Gasteiger partial charge in [0.1, 0.15) is 10.1 Å². The van der Waals surface area contributed by atoms with Crippen molar-refractivity contribution in [2.45, 2.75) is 50.3 Å². The average molecular weight is 345 g/mol. The van der Waals surface area contributed by atoms with Crippen LogP contribution in [-0.2, 0) is 16.5 Å². The number of benzene rings is 2. The van der Waals surface area contributed by atoms with E-state index in [9.17, 15) is 13.0 Å². The summed E-state index contributed by atoms with van der Waals surface area (Å²) in [5.74, 6) is 0. The van der Waals surface area contributed by atoms with Crippen molar-refractivity contribution in [1.82, 2.24) is 0 Å². The Morgan fingerprint density at radius 1 is 1.00 bits per heavy atom. The Morgan fingerprint density at radius 2 is 1.73 bits per heavy atom. The largest absolute Gasteiger partial charge is 1.00 e. The van der Waals surface area contributed by atoms with Crippen molar-refractivity contribution in [3.05, 3.63) is 42.0 Å². The molecule has 0 aliphatic carbocycles. The first-order valence-corrected chi connectivity index (χ1v) is 8.91. The molecule has 0 heterocycles. The first-order valence-electron chi connectivity index (χ1n) is 7.50. The zero-order valence-corrected chi connectivity index (χ0v) is 17.3. The van der Waals surface area contributed by atoms with Crippen LogP contribution in [0.2, 0.25) is 0 Å². The summed E-state index contributed by atoms with van der Waals surface area (Å²) in [6.45, 7) is 2.20. The van der Waals surface area contributed by atoms with Crippen LogP contribution < -0.4 is 51.4 Å².